The van der Waals surface area contributed by atoms with E-state index in [1.165, 1.54) is 22.0 Å². The van der Waals surface area contributed by atoms with Gasteiger partial charge in [0, 0.05) is 18.5 Å². The Labute approximate surface area is 101 Å². The standard InChI is InChI=1S/C10H9ClN2O2S/c11-7-1-2-10(15)13(4-7)5-9-12-3-8(6-14)16-9/h1-4,14H,5-6H2. The molecular weight excluding hydrogens is 248 g/mol. The summed E-state index contributed by atoms with van der Waals surface area (Å²) >= 11 is 7.18. The summed E-state index contributed by atoms with van der Waals surface area (Å²) in [4.78, 5) is 16.4. The molecule has 4 nitrogen and oxygen atoms in total. The Kier molecular flexibility index (Phi) is 3.38. The molecule has 84 valence electrons. The van der Waals surface area contributed by atoms with E-state index >= 15 is 0 Å². The zero-order valence-electron chi connectivity index (χ0n) is 8.26. The van der Waals surface area contributed by atoms with Gasteiger partial charge >= 0.3 is 0 Å². The lowest BCUT2D eigenvalue weighted by Gasteiger charge is -2.02. The van der Waals surface area contributed by atoms with Crippen molar-refractivity contribution >= 4 is 22.9 Å². The van der Waals surface area contributed by atoms with E-state index < -0.39 is 0 Å². The summed E-state index contributed by atoms with van der Waals surface area (Å²) in [5.74, 6) is 0. The van der Waals surface area contributed by atoms with Gasteiger partial charge in [-0.2, -0.15) is 0 Å². The minimum Gasteiger partial charge on any atom is -0.391 e. The molecule has 0 amide bonds. The molecule has 0 radical (unpaired) electrons. The van der Waals surface area contributed by atoms with Crippen LogP contribution >= 0.6 is 22.9 Å². The molecule has 0 fully saturated rings. The zero-order valence-corrected chi connectivity index (χ0v) is 9.83. The molecule has 2 rings (SSSR count). The molecular formula is C10H9ClN2O2S. The first kappa shape index (κ1) is 11.3. The average Bonchev–Trinajstić information content (AvgIpc) is 2.71. The van der Waals surface area contributed by atoms with Crippen molar-refractivity contribution in [1.29, 1.82) is 0 Å². The fourth-order valence-electron chi connectivity index (χ4n) is 1.27. The van der Waals surface area contributed by atoms with Gasteiger partial charge in [-0.15, -0.1) is 11.3 Å². The van der Waals surface area contributed by atoms with Gasteiger partial charge < -0.3 is 9.67 Å². The van der Waals surface area contributed by atoms with Gasteiger partial charge in [0.25, 0.3) is 5.56 Å². The van der Waals surface area contributed by atoms with Crippen LogP contribution in [0.3, 0.4) is 0 Å². The number of aliphatic hydroxyl groups is 1. The van der Waals surface area contributed by atoms with Crippen molar-refractivity contribution < 1.29 is 5.11 Å². The van der Waals surface area contributed by atoms with Crippen molar-refractivity contribution in [2.45, 2.75) is 13.2 Å². The quantitative estimate of drug-likeness (QED) is 0.906. The number of nitrogens with zero attached hydrogens (tertiary/aromatic N) is 2. The molecule has 2 aromatic heterocycles. The second-order valence-electron chi connectivity index (χ2n) is 3.19. The smallest absolute Gasteiger partial charge is 0.250 e. The summed E-state index contributed by atoms with van der Waals surface area (Å²) in [5, 5.41) is 10.2. The number of aromatic nitrogens is 2. The van der Waals surface area contributed by atoms with Crippen LogP contribution in [0.15, 0.2) is 29.3 Å². The van der Waals surface area contributed by atoms with Crippen molar-refractivity contribution in [3.8, 4) is 0 Å². The molecule has 16 heavy (non-hydrogen) atoms. The number of hydrogen-bond acceptors (Lipinski definition) is 4. The van der Waals surface area contributed by atoms with E-state index in [-0.39, 0.29) is 12.2 Å². The molecule has 1 N–H and O–H groups in total. The SMILES string of the molecule is O=c1ccc(Cl)cn1Cc1ncc(CO)s1. The lowest BCUT2D eigenvalue weighted by Crippen LogP contribution is -2.18. The van der Waals surface area contributed by atoms with Crippen molar-refractivity contribution in [3.05, 3.63) is 49.8 Å². The van der Waals surface area contributed by atoms with E-state index in [1.807, 2.05) is 0 Å². The lowest BCUT2D eigenvalue weighted by molar-refractivity contribution is 0.285. The van der Waals surface area contributed by atoms with Gasteiger partial charge in [-0.3, -0.25) is 4.79 Å². The molecule has 2 heterocycles. The predicted molar refractivity (Wildman–Crippen MR) is 62.9 cm³/mol. The molecule has 6 heteroatoms. The number of pyridine rings is 1. The van der Waals surface area contributed by atoms with Crippen LogP contribution in [0.25, 0.3) is 0 Å². The number of aliphatic hydroxyl groups excluding tert-OH is 1. The van der Waals surface area contributed by atoms with E-state index in [1.54, 1.807) is 18.5 Å². The summed E-state index contributed by atoms with van der Waals surface area (Å²) in [5.41, 5.74) is -0.120. The highest BCUT2D eigenvalue weighted by Gasteiger charge is 2.03. The molecule has 0 aliphatic rings. The van der Waals surface area contributed by atoms with E-state index in [9.17, 15) is 4.79 Å². The number of thiazole rings is 1. The third-order valence-electron chi connectivity index (χ3n) is 2.01. The Morgan fingerprint density at radius 2 is 2.31 bits per heavy atom. The largest absolute Gasteiger partial charge is 0.391 e. The van der Waals surface area contributed by atoms with Crippen LogP contribution < -0.4 is 5.56 Å². The first-order valence-corrected chi connectivity index (χ1v) is 5.79. The molecule has 0 atom stereocenters. The highest BCUT2D eigenvalue weighted by molar-refractivity contribution is 7.11. The maximum Gasteiger partial charge on any atom is 0.250 e. The maximum absolute atomic E-state index is 11.5. The Balaban J connectivity index is 2.26. The molecule has 0 saturated carbocycles. The Hall–Kier alpha value is -1.17. The van der Waals surface area contributed by atoms with Crippen LogP contribution in [0.2, 0.25) is 5.02 Å². The second-order valence-corrected chi connectivity index (χ2v) is 4.83. The van der Waals surface area contributed by atoms with Crippen LogP contribution in [-0.4, -0.2) is 14.7 Å². The second kappa shape index (κ2) is 4.78. The first-order chi connectivity index (χ1) is 7.69. The minimum atomic E-state index is -0.120. The van der Waals surface area contributed by atoms with Gasteiger partial charge in [0.05, 0.1) is 23.1 Å². The van der Waals surface area contributed by atoms with E-state index in [2.05, 4.69) is 4.98 Å². The Bertz CT molecular complexity index is 550. The van der Waals surface area contributed by atoms with Crippen molar-refractivity contribution in [1.82, 2.24) is 9.55 Å². The van der Waals surface area contributed by atoms with Crippen LogP contribution in [0.4, 0.5) is 0 Å². The number of halogens is 1. The summed E-state index contributed by atoms with van der Waals surface area (Å²) in [6.07, 6.45) is 3.18. The highest BCUT2D eigenvalue weighted by atomic mass is 35.5. The zero-order chi connectivity index (χ0) is 11.5. The maximum atomic E-state index is 11.5. The monoisotopic (exact) mass is 256 g/mol. The van der Waals surface area contributed by atoms with Crippen LogP contribution in [0.5, 0.6) is 0 Å². The normalized spacial score (nSPS) is 10.6. The number of hydrogen-bond donors (Lipinski definition) is 1. The van der Waals surface area contributed by atoms with Gasteiger partial charge in [-0.05, 0) is 6.07 Å². The van der Waals surface area contributed by atoms with Gasteiger partial charge in [-0.1, -0.05) is 11.6 Å². The molecule has 2 aromatic rings. The Morgan fingerprint density at radius 1 is 1.50 bits per heavy atom. The van der Waals surface area contributed by atoms with Crippen LogP contribution in [0, 0.1) is 0 Å². The van der Waals surface area contributed by atoms with Gasteiger partial charge in [0.15, 0.2) is 0 Å². The van der Waals surface area contributed by atoms with Crippen LogP contribution in [0.1, 0.15) is 9.88 Å². The van der Waals surface area contributed by atoms with E-state index in [0.717, 1.165) is 9.88 Å². The molecule has 0 saturated heterocycles. The fourth-order valence-corrected chi connectivity index (χ4v) is 2.23. The molecule has 0 bridgehead atoms. The molecule has 0 unspecified atom stereocenters. The van der Waals surface area contributed by atoms with E-state index in [0.29, 0.717) is 11.6 Å². The van der Waals surface area contributed by atoms with Crippen molar-refractivity contribution in [3.63, 3.8) is 0 Å². The summed E-state index contributed by atoms with van der Waals surface area (Å²) < 4.78 is 1.49. The van der Waals surface area contributed by atoms with Gasteiger partial charge in [-0.25, -0.2) is 4.98 Å². The highest BCUT2D eigenvalue weighted by Crippen LogP contribution is 2.14. The molecule has 0 aliphatic heterocycles. The summed E-state index contributed by atoms with van der Waals surface area (Å²) in [6.45, 7) is 0.353. The van der Waals surface area contributed by atoms with Gasteiger partial charge in [0.2, 0.25) is 0 Å². The average molecular weight is 257 g/mol. The molecule has 0 aliphatic carbocycles. The third kappa shape index (κ3) is 2.49. The summed E-state index contributed by atoms with van der Waals surface area (Å²) in [7, 11) is 0. The van der Waals surface area contributed by atoms with Gasteiger partial charge in [0.1, 0.15) is 5.01 Å². The van der Waals surface area contributed by atoms with E-state index in [4.69, 9.17) is 16.7 Å². The Morgan fingerprint density at radius 3 is 3.00 bits per heavy atom. The van der Waals surface area contributed by atoms with Crippen molar-refractivity contribution in [2.75, 3.05) is 0 Å². The molecule has 0 spiro atoms. The fraction of sp³-hybridized carbons (Fsp3) is 0.200. The lowest BCUT2D eigenvalue weighted by atomic mass is 10.4. The van der Waals surface area contributed by atoms with Crippen molar-refractivity contribution in [2.24, 2.45) is 0 Å². The first-order valence-electron chi connectivity index (χ1n) is 4.59. The van der Waals surface area contributed by atoms with Crippen LogP contribution in [-0.2, 0) is 13.2 Å². The number of rotatable bonds is 3. The predicted octanol–water partition coefficient (Wildman–Crippen LogP) is 1.50. The minimum absolute atomic E-state index is 0.0257. The topological polar surface area (TPSA) is 55.1 Å². The summed E-state index contributed by atoms with van der Waals surface area (Å²) in [6, 6.07) is 2.98. The molecule has 0 aromatic carbocycles. The third-order valence-corrected chi connectivity index (χ3v) is 3.20.